The van der Waals surface area contributed by atoms with Crippen molar-refractivity contribution in [3.05, 3.63) is 64.3 Å². The molecule has 1 N–H and O–H groups in total. The smallest absolute Gasteiger partial charge is 0.268 e. The molecule has 4 aromatic heterocycles. The molecule has 1 aromatic carbocycles. The number of hydrogen-bond acceptors (Lipinski definition) is 8. The highest BCUT2D eigenvalue weighted by atomic mass is 35.5. The summed E-state index contributed by atoms with van der Waals surface area (Å²) in [6.07, 6.45) is 4.76. The number of aryl methyl sites for hydroxylation is 1. The van der Waals surface area contributed by atoms with E-state index in [-0.39, 0.29) is 11.6 Å². The van der Waals surface area contributed by atoms with Gasteiger partial charge in [-0.2, -0.15) is 5.10 Å². The zero-order chi connectivity index (χ0) is 21.8. The summed E-state index contributed by atoms with van der Waals surface area (Å²) in [4.78, 5) is 36.9. The maximum Gasteiger partial charge on any atom is 0.268 e. The molecule has 0 aliphatic carbocycles. The van der Waals surface area contributed by atoms with E-state index in [1.54, 1.807) is 58.8 Å². The van der Waals surface area contributed by atoms with Gasteiger partial charge in [0.2, 0.25) is 0 Å². The fraction of sp³-hybridized carbons (Fsp3) is 0.200. The number of nitrogens with zero attached hydrogens (tertiary/aromatic N) is 8. The topological polar surface area (TPSA) is 110 Å². The first kappa shape index (κ1) is 19.3. The van der Waals surface area contributed by atoms with Gasteiger partial charge in [0.05, 0.1) is 40.4 Å². The van der Waals surface area contributed by atoms with Gasteiger partial charge in [-0.25, -0.2) is 24.5 Å². The maximum absolute atomic E-state index is 13.7. The van der Waals surface area contributed by atoms with Crippen molar-refractivity contribution in [3.63, 3.8) is 0 Å². The second-order valence-electron chi connectivity index (χ2n) is 7.34. The zero-order valence-electron chi connectivity index (χ0n) is 16.8. The van der Waals surface area contributed by atoms with E-state index in [2.05, 4.69) is 29.9 Å². The second kappa shape index (κ2) is 7.31. The van der Waals surface area contributed by atoms with Crippen LogP contribution in [0.15, 0.2) is 47.9 Å². The Balaban J connectivity index is 1.62. The number of aromatic nitrogens is 8. The Labute approximate surface area is 190 Å². The summed E-state index contributed by atoms with van der Waals surface area (Å²) in [5.41, 5.74) is 1.67. The van der Waals surface area contributed by atoms with Gasteiger partial charge in [-0.05, 0) is 12.1 Å². The third kappa shape index (κ3) is 2.81. The maximum atomic E-state index is 13.7. The Kier molecular flexibility index (Phi) is 4.40. The fourth-order valence-corrected chi connectivity index (χ4v) is 5.48. The second-order valence-corrected chi connectivity index (χ2v) is 8.75. The molecule has 0 radical (unpaired) electrons. The van der Waals surface area contributed by atoms with Gasteiger partial charge in [0.15, 0.2) is 11.5 Å². The number of anilines is 1. The molecule has 0 amide bonds. The fourth-order valence-electron chi connectivity index (χ4n) is 4.07. The van der Waals surface area contributed by atoms with Crippen LogP contribution in [0.4, 0.5) is 5.82 Å². The SMILES string of the molecule is Cn1nccc1-n1c(C2CSCN2c2ncnc3nc[nH]c23)nc2cccc(Cl)c2c1=O. The summed E-state index contributed by atoms with van der Waals surface area (Å²) in [5.74, 6) is 3.36. The van der Waals surface area contributed by atoms with Crippen molar-refractivity contribution >= 4 is 51.2 Å². The zero-order valence-corrected chi connectivity index (χ0v) is 18.4. The van der Waals surface area contributed by atoms with Crippen LogP contribution >= 0.6 is 23.4 Å². The predicted octanol–water partition coefficient (Wildman–Crippen LogP) is 2.69. The number of fused-ring (bicyclic) bond motifs is 2. The number of imidazole rings is 1. The minimum Gasteiger partial charge on any atom is -0.340 e. The Hall–Kier alpha value is -3.44. The molecule has 0 bridgehead atoms. The molecule has 12 heteroatoms. The van der Waals surface area contributed by atoms with Crippen LogP contribution in [0.1, 0.15) is 11.9 Å². The van der Waals surface area contributed by atoms with Gasteiger partial charge >= 0.3 is 0 Å². The lowest BCUT2D eigenvalue weighted by Crippen LogP contribution is -2.33. The quantitative estimate of drug-likeness (QED) is 0.433. The van der Waals surface area contributed by atoms with E-state index < -0.39 is 0 Å². The molecule has 1 atom stereocenters. The van der Waals surface area contributed by atoms with Crippen molar-refractivity contribution in [1.29, 1.82) is 0 Å². The number of hydrogen-bond donors (Lipinski definition) is 1. The molecule has 32 heavy (non-hydrogen) atoms. The number of benzene rings is 1. The molecule has 10 nitrogen and oxygen atoms in total. The van der Waals surface area contributed by atoms with Gasteiger partial charge in [-0.15, -0.1) is 11.8 Å². The van der Waals surface area contributed by atoms with Gasteiger partial charge in [0.25, 0.3) is 5.56 Å². The lowest BCUT2D eigenvalue weighted by atomic mass is 10.2. The van der Waals surface area contributed by atoms with Crippen molar-refractivity contribution in [2.24, 2.45) is 7.05 Å². The molecule has 1 fully saturated rings. The van der Waals surface area contributed by atoms with Crippen molar-refractivity contribution < 1.29 is 0 Å². The van der Waals surface area contributed by atoms with Crippen LogP contribution < -0.4 is 10.5 Å². The normalized spacial score (nSPS) is 16.4. The van der Waals surface area contributed by atoms with Crippen LogP contribution in [0.3, 0.4) is 0 Å². The lowest BCUT2D eigenvalue weighted by molar-refractivity contribution is 0.638. The first-order chi connectivity index (χ1) is 15.6. The molecule has 5 aromatic rings. The first-order valence-electron chi connectivity index (χ1n) is 9.81. The summed E-state index contributed by atoms with van der Waals surface area (Å²) in [6, 6.07) is 6.89. The van der Waals surface area contributed by atoms with Gasteiger partial charge in [0, 0.05) is 18.9 Å². The van der Waals surface area contributed by atoms with Crippen molar-refractivity contribution in [2.45, 2.75) is 6.04 Å². The molecule has 1 aliphatic heterocycles. The summed E-state index contributed by atoms with van der Waals surface area (Å²) in [5, 5.41) is 5.01. The molecular formula is C20H16ClN9OS. The summed E-state index contributed by atoms with van der Waals surface area (Å²) < 4.78 is 3.26. The molecule has 1 unspecified atom stereocenters. The molecule has 5 heterocycles. The average molecular weight is 466 g/mol. The van der Waals surface area contributed by atoms with E-state index in [1.807, 2.05) is 6.07 Å². The number of thioether (sulfide) groups is 1. The predicted molar refractivity (Wildman–Crippen MR) is 123 cm³/mol. The van der Waals surface area contributed by atoms with Crippen LogP contribution in [0.2, 0.25) is 5.02 Å². The van der Waals surface area contributed by atoms with Crippen LogP contribution in [0.25, 0.3) is 27.9 Å². The Morgan fingerprint density at radius 3 is 2.97 bits per heavy atom. The van der Waals surface area contributed by atoms with Crippen molar-refractivity contribution in [1.82, 2.24) is 39.3 Å². The van der Waals surface area contributed by atoms with E-state index in [1.165, 1.54) is 6.33 Å². The third-order valence-electron chi connectivity index (χ3n) is 5.55. The monoisotopic (exact) mass is 465 g/mol. The Bertz CT molecular complexity index is 1540. The lowest BCUT2D eigenvalue weighted by Gasteiger charge is -2.26. The summed E-state index contributed by atoms with van der Waals surface area (Å²) in [6.45, 7) is 0. The largest absolute Gasteiger partial charge is 0.340 e. The van der Waals surface area contributed by atoms with E-state index in [0.717, 1.165) is 17.1 Å². The number of nitrogens with one attached hydrogen (secondary N) is 1. The van der Waals surface area contributed by atoms with E-state index in [0.29, 0.717) is 39.1 Å². The first-order valence-corrected chi connectivity index (χ1v) is 11.3. The van der Waals surface area contributed by atoms with Crippen molar-refractivity contribution in [3.8, 4) is 5.82 Å². The molecule has 0 spiro atoms. The van der Waals surface area contributed by atoms with Gasteiger partial charge in [-0.3, -0.25) is 9.48 Å². The van der Waals surface area contributed by atoms with E-state index in [9.17, 15) is 4.79 Å². The number of H-pyrrole nitrogens is 1. The van der Waals surface area contributed by atoms with Crippen molar-refractivity contribution in [2.75, 3.05) is 16.5 Å². The number of rotatable bonds is 3. The van der Waals surface area contributed by atoms with Crippen LogP contribution in [0.5, 0.6) is 0 Å². The minimum absolute atomic E-state index is 0.215. The van der Waals surface area contributed by atoms with Crippen LogP contribution in [0, 0.1) is 0 Å². The Morgan fingerprint density at radius 2 is 2.12 bits per heavy atom. The summed E-state index contributed by atoms with van der Waals surface area (Å²) >= 11 is 8.15. The minimum atomic E-state index is -0.231. The van der Waals surface area contributed by atoms with Crippen LogP contribution in [-0.2, 0) is 7.05 Å². The highest BCUT2D eigenvalue weighted by molar-refractivity contribution is 7.99. The van der Waals surface area contributed by atoms with E-state index in [4.69, 9.17) is 16.6 Å². The average Bonchev–Trinajstić information content (AvgIpc) is 3.54. The molecule has 160 valence electrons. The standard InChI is InChI=1S/C20H16ClN9OS/c1-28-14(5-6-26-28)30-18(27-12-4-2-3-11(21)15(12)20(30)31)13-7-32-10-29(13)19-16-17(23-8-22-16)24-9-25-19/h2-6,8-9,13H,7,10H2,1H3,(H,22,23,24,25). The Morgan fingerprint density at radius 1 is 1.22 bits per heavy atom. The molecule has 0 saturated carbocycles. The molecular weight excluding hydrogens is 450 g/mol. The van der Waals surface area contributed by atoms with Gasteiger partial charge < -0.3 is 9.88 Å². The van der Waals surface area contributed by atoms with Crippen LogP contribution in [-0.4, -0.2) is 50.9 Å². The van der Waals surface area contributed by atoms with Gasteiger partial charge in [0.1, 0.15) is 23.5 Å². The molecule has 1 aliphatic rings. The summed E-state index contributed by atoms with van der Waals surface area (Å²) in [7, 11) is 1.79. The molecule has 6 rings (SSSR count). The number of halogens is 1. The highest BCUT2D eigenvalue weighted by Gasteiger charge is 2.34. The van der Waals surface area contributed by atoms with E-state index >= 15 is 0 Å². The number of aromatic amines is 1. The van der Waals surface area contributed by atoms with Gasteiger partial charge in [-0.1, -0.05) is 17.7 Å². The third-order valence-corrected chi connectivity index (χ3v) is 6.88. The highest BCUT2D eigenvalue weighted by Crippen LogP contribution is 2.38. The molecule has 1 saturated heterocycles.